The zero-order valence-corrected chi connectivity index (χ0v) is 8.43. The molecule has 0 aromatic carbocycles. The van der Waals surface area contributed by atoms with Gasteiger partial charge in [0.05, 0.1) is 23.3 Å². The van der Waals surface area contributed by atoms with E-state index in [2.05, 4.69) is 4.98 Å². The van der Waals surface area contributed by atoms with Crippen LogP contribution in [0.5, 0.6) is 0 Å². The van der Waals surface area contributed by atoms with Gasteiger partial charge in [-0.1, -0.05) is 0 Å². The minimum Gasteiger partial charge on any atom is -0.388 e. The van der Waals surface area contributed by atoms with E-state index in [1.165, 1.54) is 0 Å². The highest BCUT2D eigenvalue weighted by Crippen LogP contribution is 2.33. The lowest BCUT2D eigenvalue weighted by atomic mass is 10.0. The highest BCUT2D eigenvalue weighted by Gasteiger charge is 2.22. The van der Waals surface area contributed by atoms with Gasteiger partial charge < -0.3 is 9.84 Å². The monoisotopic (exact) mass is 199 g/mol. The Labute approximate surface area is 81.4 Å². The molecule has 1 aromatic heterocycles. The largest absolute Gasteiger partial charge is 0.388 e. The number of methoxy groups -OCH3 is 1. The molecule has 1 aliphatic carbocycles. The third-order valence-corrected chi connectivity index (χ3v) is 3.41. The molecule has 1 unspecified atom stereocenters. The van der Waals surface area contributed by atoms with Gasteiger partial charge in [-0.3, -0.25) is 0 Å². The van der Waals surface area contributed by atoms with Gasteiger partial charge in [0.2, 0.25) is 0 Å². The Balaban J connectivity index is 2.25. The number of ether oxygens (including phenoxy) is 1. The van der Waals surface area contributed by atoms with E-state index in [0.29, 0.717) is 6.61 Å². The molecule has 4 heteroatoms. The molecule has 1 aromatic rings. The van der Waals surface area contributed by atoms with E-state index in [1.54, 1.807) is 18.4 Å². The molecule has 1 atom stereocenters. The van der Waals surface area contributed by atoms with Gasteiger partial charge in [0.1, 0.15) is 5.01 Å². The number of aryl methyl sites for hydroxylation is 1. The van der Waals surface area contributed by atoms with Crippen LogP contribution in [0.2, 0.25) is 0 Å². The van der Waals surface area contributed by atoms with E-state index in [-0.39, 0.29) is 6.10 Å². The summed E-state index contributed by atoms with van der Waals surface area (Å²) >= 11 is 1.58. The molecular formula is C9H13NO2S. The first-order chi connectivity index (χ1) is 6.31. The summed E-state index contributed by atoms with van der Waals surface area (Å²) in [7, 11) is 1.66. The van der Waals surface area contributed by atoms with Crippen LogP contribution in [-0.2, 0) is 17.8 Å². The molecule has 0 radical (unpaired) electrons. The standard InChI is InChI=1S/C9H13NO2S/c1-12-5-8-10-6-3-2-4-7(11)9(6)13-8/h7,11H,2-5H2,1H3. The Morgan fingerprint density at radius 2 is 2.54 bits per heavy atom. The van der Waals surface area contributed by atoms with Gasteiger partial charge in [-0.2, -0.15) is 0 Å². The molecule has 0 amide bonds. The quantitative estimate of drug-likeness (QED) is 0.787. The van der Waals surface area contributed by atoms with Crippen molar-refractivity contribution < 1.29 is 9.84 Å². The lowest BCUT2D eigenvalue weighted by molar-refractivity contribution is 0.160. The second kappa shape index (κ2) is 3.74. The van der Waals surface area contributed by atoms with E-state index in [9.17, 15) is 5.11 Å². The summed E-state index contributed by atoms with van der Waals surface area (Å²) in [4.78, 5) is 5.48. The van der Waals surface area contributed by atoms with Gasteiger partial charge in [0, 0.05) is 7.11 Å². The SMILES string of the molecule is COCc1nc2c(s1)C(O)CCC2. The van der Waals surface area contributed by atoms with Crippen LogP contribution in [0.1, 0.15) is 34.5 Å². The van der Waals surface area contributed by atoms with E-state index < -0.39 is 0 Å². The molecule has 0 spiro atoms. The van der Waals surface area contributed by atoms with Crippen LogP contribution < -0.4 is 0 Å². The molecule has 1 heterocycles. The molecular weight excluding hydrogens is 186 g/mol. The number of hydrogen-bond donors (Lipinski definition) is 1. The molecule has 1 N–H and O–H groups in total. The number of aliphatic hydroxyl groups is 1. The number of aromatic nitrogens is 1. The fraction of sp³-hybridized carbons (Fsp3) is 0.667. The average molecular weight is 199 g/mol. The maximum Gasteiger partial charge on any atom is 0.119 e. The number of hydrogen-bond acceptors (Lipinski definition) is 4. The molecule has 0 saturated carbocycles. The van der Waals surface area contributed by atoms with Crippen molar-refractivity contribution in [1.29, 1.82) is 0 Å². The van der Waals surface area contributed by atoms with Crippen LogP contribution in [0.4, 0.5) is 0 Å². The molecule has 72 valence electrons. The van der Waals surface area contributed by atoms with E-state index in [0.717, 1.165) is 34.8 Å². The Bertz CT molecular complexity index is 298. The smallest absolute Gasteiger partial charge is 0.119 e. The summed E-state index contributed by atoms with van der Waals surface area (Å²) in [5.74, 6) is 0. The summed E-state index contributed by atoms with van der Waals surface area (Å²) in [5, 5.41) is 10.7. The highest BCUT2D eigenvalue weighted by atomic mass is 32.1. The van der Waals surface area contributed by atoms with Gasteiger partial charge in [-0.05, 0) is 19.3 Å². The van der Waals surface area contributed by atoms with E-state index >= 15 is 0 Å². The molecule has 3 nitrogen and oxygen atoms in total. The number of fused-ring (bicyclic) bond motifs is 1. The Morgan fingerprint density at radius 3 is 3.23 bits per heavy atom. The first-order valence-electron chi connectivity index (χ1n) is 4.46. The van der Waals surface area contributed by atoms with Crippen LogP contribution in [0, 0.1) is 0 Å². The van der Waals surface area contributed by atoms with Crippen molar-refractivity contribution in [1.82, 2.24) is 4.98 Å². The molecule has 0 fully saturated rings. The summed E-state index contributed by atoms with van der Waals surface area (Å²) in [5.41, 5.74) is 1.08. The lowest BCUT2D eigenvalue weighted by Gasteiger charge is -2.14. The van der Waals surface area contributed by atoms with Crippen molar-refractivity contribution in [2.75, 3.05) is 7.11 Å². The molecule has 0 saturated heterocycles. The van der Waals surface area contributed by atoms with Gasteiger partial charge in [-0.25, -0.2) is 4.98 Å². The van der Waals surface area contributed by atoms with Gasteiger partial charge in [0.15, 0.2) is 0 Å². The minimum atomic E-state index is -0.285. The third kappa shape index (κ3) is 1.75. The van der Waals surface area contributed by atoms with Gasteiger partial charge in [0.25, 0.3) is 0 Å². The maximum atomic E-state index is 9.67. The van der Waals surface area contributed by atoms with Crippen molar-refractivity contribution in [3.8, 4) is 0 Å². The van der Waals surface area contributed by atoms with Crippen LogP contribution >= 0.6 is 11.3 Å². The number of aliphatic hydroxyl groups excluding tert-OH is 1. The molecule has 0 aliphatic heterocycles. The second-order valence-electron chi connectivity index (χ2n) is 3.26. The Hall–Kier alpha value is -0.450. The van der Waals surface area contributed by atoms with Crippen molar-refractivity contribution in [2.45, 2.75) is 32.0 Å². The van der Waals surface area contributed by atoms with Crippen LogP contribution in [0.15, 0.2) is 0 Å². The predicted molar refractivity (Wildman–Crippen MR) is 50.7 cm³/mol. The Morgan fingerprint density at radius 1 is 1.69 bits per heavy atom. The zero-order chi connectivity index (χ0) is 9.26. The van der Waals surface area contributed by atoms with Crippen LogP contribution in [0.25, 0.3) is 0 Å². The van der Waals surface area contributed by atoms with Gasteiger partial charge in [-0.15, -0.1) is 11.3 Å². The second-order valence-corrected chi connectivity index (χ2v) is 4.37. The van der Waals surface area contributed by atoms with Crippen LogP contribution in [-0.4, -0.2) is 17.2 Å². The molecule has 13 heavy (non-hydrogen) atoms. The van der Waals surface area contributed by atoms with Crippen molar-refractivity contribution in [3.63, 3.8) is 0 Å². The third-order valence-electron chi connectivity index (χ3n) is 2.23. The summed E-state index contributed by atoms with van der Waals surface area (Å²) in [6, 6.07) is 0. The van der Waals surface area contributed by atoms with Crippen LogP contribution in [0.3, 0.4) is 0 Å². The summed E-state index contributed by atoms with van der Waals surface area (Å²) in [6.07, 6.45) is 2.64. The Kier molecular flexibility index (Phi) is 2.62. The van der Waals surface area contributed by atoms with Crippen molar-refractivity contribution in [3.05, 3.63) is 15.6 Å². The van der Waals surface area contributed by atoms with Crippen molar-refractivity contribution in [2.24, 2.45) is 0 Å². The first-order valence-corrected chi connectivity index (χ1v) is 5.28. The average Bonchev–Trinajstić information content (AvgIpc) is 2.49. The lowest BCUT2D eigenvalue weighted by Crippen LogP contribution is -2.06. The maximum absolute atomic E-state index is 9.67. The topological polar surface area (TPSA) is 42.4 Å². The highest BCUT2D eigenvalue weighted by molar-refractivity contribution is 7.11. The number of rotatable bonds is 2. The molecule has 1 aliphatic rings. The summed E-state index contributed by atoms with van der Waals surface area (Å²) in [6.45, 7) is 0.560. The fourth-order valence-corrected chi connectivity index (χ4v) is 2.74. The van der Waals surface area contributed by atoms with E-state index in [1.807, 2.05) is 0 Å². The minimum absolute atomic E-state index is 0.285. The molecule has 0 bridgehead atoms. The number of nitrogens with zero attached hydrogens (tertiary/aromatic N) is 1. The normalized spacial score (nSPS) is 21.5. The van der Waals surface area contributed by atoms with Gasteiger partial charge >= 0.3 is 0 Å². The fourth-order valence-electron chi connectivity index (χ4n) is 1.63. The van der Waals surface area contributed by atoms with Crippen molar-refractivity contribution >= 4 is 11.3 Å². The summed E-state index contributed by atoms with van der Waals surface area (Å²) < 4.78 is 5.01. The molecule has 2 rings (SSSR count). The first kappa shape index (κ1) is 9.12. The number of thiazole rings is 1. The predicted octanol–water partition coefficient (Wildman–Crippen LogP) is 1.66. The van der Waals surface area contributed by atoms with E-state index in [4.69, 9.17) is 4.74 Å². The zero-order valence-electron chi connectivity index (χ0n) is 7.62.